The summed E-state index contributed by atoms with van der Waals surface area (Å²) in [5.41, 5.74) is -4.44. The number of alkyl halides is 3. The third-order valence-corrected chi connectivity index (χ3v) is 7.81. The number of imide groups is 1. The van der Waals surface area contributed by atoms with Crippen molar-refractivity contribution in [3.05, 3.63) is 34.6 Å². The molecule has 1 aromatic carbocycles. The molecule has 2 saturated heterocycles. The van der Waals surface area contributed by atoms with E-state index in [0.29, 0.717) is 15.4 Å². The van der Waals surface area contributed by atoms with Crippen molar-refractivity contribution in [3.63, 3.8) is 0 Å². The van der Waals surface area contributed by atoms with E-state index in [-0.39, 0.29) is 50.9 Å². The van der Waals surface area contributed by atoms with Gasteiger partial charge in [-0.25, -0.2) is 12.8 Å². The molecule has 1 aromatic rings. The number of halogens is 4. The van der Waals surface area contributed by atoms with E-state index in [9.17, 15) is 40.4 Å². The number of nitrogens with one attached hydrogen (secondary N) is 1. The molecule has 0 bridgehead atoms. The molecule has 4 rings (SSSR count). The van der Waals surface area contributed by atoms with Crippen LogP contribution in [0.3, 0.4) is 0 Å². The van der Waals surface area contributed by atoms with Crippen LogP contribution in [0.1, 0.15) is 53.1 Å². The van der Waals surface area contributed by atoms with Gasteiger partial charge in [-0.15, -0.1) is 0 Å². The summed E-state index contributed by atoms with van der Waals surface area (Å²) in [4.78, 5) is 37.7. The number of carbonyl (C=O) groups is 3. The molecule has 8 nitrogen and oxygen atoms in total. The number of hydrogen-bond donors (Lipinski definition) is 1. The second-order valence-corrected chi connectivity index (χ2v) is 9.97. The first-order chi connectivity index (χ1) is 14.9. The van der Waals surface area contributed by atoms with Crippen LogP contribution in [-0.4, -0.2) is 60.0 Å². The van der Waals surface area contributed by atoms with Crippen LogP contribution in [0.25, 0.3) is 0 Å². The molecule has 174 valence electrons. The lowest BCUT2D eigenvalue weighted by molar-refractivity contribution is -0.136. The highest BCUT2D eigenvalue weighted by atomic mass is 32.2. The molecule has 0 spiro atoms. The summed E-state index contributed by atoms with van der Waals surface area (Å²) in [6, 6.07) is 1.37. The number of amides is 3. The molecule has 0 saturated carbocycles. The molecular weight excluding hydrogens is 458 g/mol. The Morgan fingerprint density at radius 3 is 2.28 bits per heavy atom. The maximum absolute atomic E-state index is 14.3. The Kier molecular flexibility index (Phi) is 5.52. The Bertz CT molecular complexity index is 1100. The highest BCUT2D eigenvalue weighted by molar-refractivity contribution is 7.90. The number of fused-ring (bicyclic) bond motifs is 1. The van der Waals surface area contributed by atoms with Crippen LogP contribution >= 0.6 is 0 Å². The Morgan fingerprint density at radius 2 is 1.69 bits per heavy atom. The van der Waals surface area contributed by atoms with Crippen LogP contribution in [-0.2, 0) is 26.2 Å². The summed E-state index contributed by atoms with van der Waals surface area (Å²) in [5.74, 6) is -2.78. The lowest BCUT2D eigenvalue weighted by Crippen LogP contribution is -2.52. The fourth-order valence-corrected chi connectivity index (χ4v) is 5.56. The predicted octanol–water partition coefficient (Wildman–Crippen LogP) is 1.62. The predicted molar refractivity (Wildman–Crippen MR) is 101 cm³/mol. The summed E-state index contributed by atoms with van der Waals surface area (Å²) in [6.45, 7) is -0.775. The molecule has 1 N–H and O–H groups in total. The summed E-state index contributed by atoms with van der Waals surface area (Å²) < 4.78 is 76.4. The van der Waals surface area contributed by atoms with E-state index in [1.807, 2.05) is 0 Å². The molecule has 32 heavy (non-hydrogen) atoms. The Hall–Kier alpha value is -2.54. The normalized spacial score (nSPS) is 23.4. The van der Waals surface area contributed by atoms with E-state index < -0.39 is 51.0 Å². The van der Waals surface area contributed by atoms with Crippen LogP contribution in [0.4, 0.5) is 17.6 Å². The smallest absolute Gasteiger partial charge is 0.322 e. The van der Waals surface area contributed by atoms with Gasteiger partial charge < -0.3 is 4.90 Å². The lowest BCUT2D eigenvalue weighted by atomic mass is 9.86. The number of carbonyl (C=O) groups excluding carboxylic acids is 3. The van der Waals surface area contributed by atoms with Crippen LogP contribution < -0.4 is 5.32 Å². The SMILES string of the molecule is O=C1CCC(N2Cc3c(cc(F)cc3C3CCN(S(=O)(=O)C(F)(F)F)CC3)C2=O)C(=O)N1. The highest BCUT2D eigenvalue weighted by Crippen LogP contribution is 2.39. The third-order valence-electron chi connectivity index (χ3n) is 6.18. The zero-order valence-electron chi connectivity index (χ0n) is 16.6. The second-order valence-electron chi connectivity index (χ2n) is 8.05. The molecule has 0 radical (unpaired) electrons. The minimum Gasteiger partial charge on any atom is -0.322 e. The first kappa shape index (κ1) is 22.6. The molecule has 1 unspecified atom stereocenters. The largest absolute Gasteiger partial charge is 0.511 e. The molecule has 3 amide bonds. The first-order valence-electron chi connectivity index (χ1n) is 9.93. The van der Waals surface area contributed by atoms with Gasteiger partial charge in [0.1, 0.15) is 11.9 Å². The van der Waals surface area contributed by atoms with E-state index in [1.165, 1.54) is 11.0 Å². The van der Waals surface area contributed by atoms with Crippen molar-refractivity contribution in [2.45, 2.75) is 49.7 Å². The average Bonchev–Trinajstić information content (AvgIpc) is 3.03. The number of hydrogen-bond acceptors (Lipinski definition) is 5. The van der Waals surface area contributed by atoms with Crippen molar-refractivity contribution in [1.82, 2.24) is 14.5 Å². The van der Waals surface area contributed by atoms with Crippen LogP contribution in [0.15, 0.2) is 12.1 Å². The number of piperidine rings is 2. The van der Waals surface area contributed by atoms with Gasteiger partial charge in [0.25, 0.3) is 5.91 Å². The quantitative estimate of drug-likeness (QED) is 0.526. The van der Waals surface area contributed by atoms with Crippen molar-refractivity contribution in [2.24, 2.45) is 0 Å². The van der Waals surface area contributed by atoms with Crippen molar-refractivity contribution in [2.75, 3.05) is 13.1 Å². The molecule has 13 heteroatoms. The molecule has 3 aliphatic heterocycles. The number of rotatable bonds is 3. The van der Waals surface area contributed by atoms with Crippen molar-refractivity contribution < 1.29 is 40.4 Å². The molecule has 1 atom stereocenters. The monoisotopic (exact) mass is 477 g/mol. The molecular formula is C19H19F4N3O5S. The lowest BCUT2D eigenvalue weighted by Gasteiger charge is -2.32. The Labute approximate surface area is 180 Å². The fourth-order valence-electron chi connectivity index (χ4n) is 4.57. The van der Waals surface area contributed by atoms with Gasteiger partial charge in [0.05, 0.1) is 0 Å². The van der Waals surface area contributed by atoms with Gasteiger partial charge in [-0.2, -0.15) is 17.5 Å². The minimum absolute atomic E-state index is 0.00286. The Morgan fingerprint density at radius 1 is 1.03 bits per heavy atom. The van der Waals surface area contributed by atoms with Gasteiger partial charge in [0.15, 0.2) is 0 Å². The van der Waals surface area contributed by atoms with Crippen LogP contribution in [0.5, 0.6) is 0 Å². The highest BCUT2D eigenvalue weighted by Gasteiger charge is 2.50. The van der Waals surface area contributed by atoms with Crippen molar-refractivity contribution in [3.8, 4) is 0 Å². The van der Waals surface area contributed by atoms with E-state index in [2.05, 4.69) is 5.32 Å². The first-order valence-corrected chi connectivity index (χ1v) is 11.4. The summed E-state index contributed by atoms with van der Waals surface area (Å²) in [7, 11) is -5.44. The zero-order chi connectivity index (χ0) is 23.4. The summed E-state index contributed by atoms with van der Waals surface area (Å²) in [5, 5.41) is 2.17. The zero-order valence-corrected chi connectivity index (χ0v) is 17.4. The van der Waals surface area contributed by atoms with Crippen LogP contribution in [0, 0.1) is 5.82 Å². The van der Waals surface area contributed by atoms with Gasteiger partial charge in [-0.3, -0.25) is 19.7 Å². The van der Waals surface area contributed by atoms with E-state index in [0.717, 1.165) is 6.07 Å². The van der Waals surface area contributed by atoms with Crippen LogP contribution in [0.2, 0.25) is 0 Å². The molecule has 0 aromatic heterocycles. The average molecular weight is 477 g/mol. The number of sulfonamides is 1. The Balaban J connectivity index is 1.57. The molecule has 3 heterocycles. The molecule has 0 aliphatic carbocycles. The maximum atomic E-state index is 14.3. The van der Waals surface area contributed by atoms with Gasteiger partial charge in [0.2, 0.25) is 11.8 Å². The fraction of sp³-hybridized carbons (Fsp3) is 0.526. The summed E-state index contributed by atoms with van der Waals surface area (Å²) >= 11 is 0. The number of benzene rings is 1. The van der Waals surface area contributed by atoms with Crippen molar-refractivity contribution in [1.29, 1.82) is 0 Å². The van der Waals surface area contributed by atoms with E-state index >= 15 is 0 Å². The topological polar surface area (TPSA) is 104 Å². The maximum Gasteiger partial charge on any atom is 0.511 e. The molecule has 3 aliphatic rings. The number of nitrogens with zero attached hydrogens (tertiary/aromatic N) is 2. The van der Waals surface area contributed by atoms with E-state index in [1.54, 1.807) is 0 Å². The summed E-state index contributed by atoms with van der Waals surface area (Å²) in [6.07, 6.45) is 0.245. The van der Waals surface area contributed by atoms with Gasteiger partial charge in [-0.1, -0.05) is 0 Å². The second kappa shape index (κ2) is 7.80. The van der Waals surface area contributed by atoms with Gasteiger partial charge in [-0.05, 0) is 48.4 Å². The van der Waals surface area contributed by atoms with Gasteiger partial charge >= 0.3 is 15.5 Å². The van der Waals surface area contributed by atoms with Gasteiger partial charge in [0, 0.05) is 31.6 Å². The van der Waals surface area contributed by atoms with Crippen molar-refractivity contribution >= 4 is 27.7 Å². The molecule has 2 fully saturated rings. The third kappa shape index (κ3) is 3.76. The standard InChI is InChI=1S/C19H19F4N3O5S/c20-11-7-12(10-3-5-25(6-4-10)32(30,31)19(21,22)23)14-9-26(18(29)13(14)8-11)15-1-2-16(27)24-17(15)28/h7-8,10,15H,1-6,9H2,(H,24,27,28). The van der Waals surface area contributed by atoms with E-state index in [4.69, 9.17) is 0 Å². The minimum atomic E-state index is -5.44.